The largest absolute Gasteiger partial charge is 0.495 e. The molecule has 1 aliphatic heterocycles. The smallest absolute Gasteiger partial charge is 0.202 e. The van der Waals surface area contributed by atoms with E-state index in [2.05, 4.69) is 41.8 Å². The Balaban J connectivity index is 1.39. The summed E-state index contributed by atoms with van der Waals surface area (Å²) in [4.78, 5) is 0. The lowest BCUT2D eigenvalue weighted by atomic mass is 9.94. The van der Waals surface area contributed by atoms with Crippen LogP contribution in [0.3, 0.4) is 0 Å². The standard InChI is InChI=1S/C26H40N2O3/c1-3-4-5-6-7-11-18-30-24-19-27-25(28-20-24)21-14-16-23(17-15-21)31-26(29-2)22-12-9-8-10-13-22/h8-9,14-17,19,22,25-28H,3-7,10-13,18,20H2,1-2H3. The van der Waals surface area contributed by atoms with Crippen molar-refractivity contribution in [2.24, 2.45) is 5.92 Å². The van der Waals surface area contributed by atoms with Crippen LogP contribution in [-0.4, -0.2) is 26.6 Å². The van der Waals surface area contributed by atoms with Gasteiger partial charge in [-0.1, -0.05) is 63.3 Å². The van der Waals surface area contributed by atoms with Gasteiger partial charge in [-0.25, -0.2) is 0 Å². The average molecular weight is 429 g/mol. The highest BCUT2D eigenvalue weighted by atomic mass is 16.7. The van der Waals surface area contributed by atoms with Crippen molar-refractivity contribution in [1.29, 1.82) is 0 Å². The molecular weight excluding hydrogens is 388 g/mol. The number of unbranched alkanes of at least 4 members (excludes halogenated alkanes) is 5. The highest BCUT2D eigenvalue weighted by molar-refractivity contribution is 5.30. The van der Waals surface area contributed by atoms with Gasteiger partial charge in [0, 0.05) is 19.2 Å². The second-order valence-electron chi connectivity index (χ2n) is 8.54. The Kier molecular flexibility index (Phi) is 10.3. The number of nitrogens with one attached hydrogen (secondary N) is 2. The van der Waals surface area contributed by atoms with Crippen molar-refractivity contribution in [3.63, 3.8) is 0 Å². The quantitative estimate of drug-likeness (QED) is 0.236. The fourth-order valence-corrected chi connectivity index (χ4v) is 4.16. The third-order valence-electron chi connectivity index (χ3n) is 6.07. The molecule has 3 unspecified atom stereocenters. The summed E-state index contributed by atoms with van der Waals surface area (Å²) in [5.41, 5.74) is 1.17. The third-order valence-corrected chi connectivity index (χ3v) is 6.07. The molecular formula is C26H40N2O3. The zero-order valence-corrected chi connectivity index (χ0v) is 19.3. The molecule has 0 saturated heterocycles. The first-order valence-electron chi connectivity index (χ1n) is 12.1. The Labute approximate surface area is 188 Å². The van der Waals surface area contributed by atoms with Crippen molar-refractivity contribution in [3.05, 3.63) is 53.9 Å². The van der Waals surface area contributed by atoms with E-state index in [0.29, 0.717) is 5.92 Å². The molecule has 172 valence electrons. The summed E-state index contributed by atoms with van der Waals surface area (Å²) in [6.45, 7) is 3.79. The minimum absolute atomic E-state index is 0.0807. The van der Waals surface area contributed by atoms with Gasteiger partial charge in [0.25, 0.3) is 0 Å². The predicted molar refractivity (Wildman–Crippen MR) is 126 cm³/mol. The maximum Gasteiger partial charge on any atom is 0.202 e. The molecule has 0 fully saturated rings. The van der Waals surface area contributed by atoms with Gasteiger partial charge in [-0.05, 0) is 43.4 Å². The fraction of sp³-hybridized carbons (Fsp3) is 0.615. The van der Waals surface area contributed by atoms with Gasteiger partial charge in [0.15, 0.2) is 0 Å². The first kappa shape index (κ1) is 23.7. The molecule has 0 amide bonds. The second-order valence-corrected chi connectivity index (χ2v) is 8.54. The van der Waals surface area contributed by atoms with Gasteiger partial charge in [0.05, 0.1) is 13.2 Å². The lowest BCUT2D eigenvalue weighted by molar-refractivity contribution is -0.0945. The van der Waals surface area contributed by atoms with Crippen LogP contribution in [-0.2, 0) is 9.47 Å². The van der Waals surface area contributed by atoms with Crippen LogP contribution < -0.4 is 15.4 Å². The van der Waals surface area contributed by atoms with Gasteiger partial charge in [-0.15, -0.1) is 0 Å². The van der Waals surface area contributed by atoms with Crippen molar-refractivity contribution in [1.82, 2.24) is 10.6 Å². The molecule has 0 bridgehead atoms. The van der Waals surface area contributed by atoms with Crippen LogP contribution in [0.1, 0.15) is 76.4 Å². The SMILES string of the molecule is CCCCCCCCOC1=CNC(c2ccc(OC(OC)C3CC=CCC3)cc2)NC1. The molecule has 31 heavy (non-hydrogen) atoms. The zero-order chi connectivity index (χ0) is 21.7. The molecule has 1 aliphatic carbocycles. The van der Waals surface area contributed by atoms with Crippen molar-refractivity contribution in [3.8, 4) is 5.75 Å². The van der Waals surface area contributed by atoms with E-state index in [-0.39, 0.29) is 12.5 Å². The van der Waals surface area contributed by atoms with E-state index in [9.17, 15) is 0 Å². The Hall–Kier alpha value is -1.98. The number of methoxy groups -OCH3 is 1. The van der Waals surface area contributed by atoms with Crippen LogP contribution in [0.15, 0.2) is 48.4 Å². The Morgan fingerprint density at radius 3 is 2.52 bits per heavy atom. The minimum Gasteiger partial charge on any atom is -0.495 e. The maximum absolute atomic E-state index is 6.12. The van der Waals surface area contributed by atoms with Crippen LogP contribution in [0, 0.1) is 5.92 Å². The van der Waals surface area contributed by atoms with E-state index in [4.69, 9.17) is 14.2 Å². The van der Waals surface area contributed by atoms with Gasteiger partial charge < -0.3 is 19.5 Å². The summed E-state index contributed by atoms with van der Waals surface area (Å²) in [6.07, 6.45) is 17.3. The molecule has 2 aliphatic rings. The fourth-order valence-electron chi connectivity index (χ4n) is 4.16. The van der Waals surface area contributed by atoms with Crippen LogP contribution in [0.4, 0.5) is 0 Å². The molecule has 1 heterocycles. The summed E-state index contributed by atoms with van der Waals surface area (Å²) in [6, 6.07) is 8.25. The van der Waals surface area contributed by atoms with Gasteiger partial charge >= 0.3 is 0 Å². The van der Waals surface area contributed by atoms with Crippen molar-refractivity contribution in [2.75, 3.05) is 20.3 Å². The van der Waals surface area contributed by atoms with E-state index < -0.39 is 0 Å². The lowest BCUT2D eigenvalue weighted by Gasteiger charge is -2.28. The molecule has 3 rings (SSSR count). The lowest BCUT2D eigenvalue weighted by Crippen LogP contribution is -2.37. The van der Waals surface area contributed by atoms with Crippen LogP contribution in [0.25, 0.3) is 0 Å². The van der Waals surface area contributed by atoms with E-state index >= 15 is 0 Å². The van der Waals surface area contributed by atoms with Crippen LogP contribution in [0.5, 0.6) is 5.75 Å². The molecule has 2 N–H and O–H groups in total. The highest BCUT2D eigenvalue weighted by Gasteiger charge is 2.23. The number of hydrogen-bond donors (Lipinski definition) is 2. The van der Waals surface area contributed by atoms with E-state index in [1.807, 2.05) is 18.3 Å². The monoisotopic (exact) mass is 428 g/mol. The number of hydrogen-bond acceptors (Lipinski definition) is 5. The average Bonchev–Trinajstić information content (AvgIpc) is 2.83. The number of ether oxygens (including phenoxy) is 3. The van der Waals surface area contributed by atoms with Crippen LogP contribution >= 0.6 is 0 Å². The van der Waals surface area contributed by atoms with Gasteiger partial charge in [0.2, 0.25) is 6.29 Å². The predicted octanol–water partition coefficient (Wildman–Crippen LogP) is 5.80. The Morgan fingerprint density at radius 2 is 1.84 bits per heavy atom. The summed E-state index contributed by atoms with van der Waals surface area (Å²) in [5.74, 6) is 2.24. The first-order valence-corrected chi connectivity index (χ1v) is 12.1. The van der Waals surface area contributed by atoms with Gasteiger partial charge in [-0.2, -0.15) is 0 Å². The molecule has 5 nitrogen and oxygen atoms in total. The molecule has 5 heteroatoms. The molecule has 0 spiro atoms. The highest BCUT2D eigenvalue weighted by Crippen LogP contribution is 2.27. The zero-order valence-electron chi connectivity index (χ0n) is 19.3. The first-order chi connectivity index (χ1) is 15.3. The van der Waals surface area contributed by atoms with Crippen molar-refractivity contribution in [2.45, 2.75) is 77.2 Å². The minimum atomic E-state index is -0.198. The number of rotatable bonds is 13. The van der Waals surface area contributed by atoms with E-state index in [1.54, 1.807) is 7.11 Å². The molecule has 0 aromatic heterocycles. The molecule has 0 radical (unpaired) electrons. The van der Waals surface area contributed by atoms with Crippen LogP contribution in [0.2, 0.25) is 0 Å². The number of benzene rings is 1. The topological polar surface area (TPSA) is 51.8 Å². The molecule has 1 aromatic carbocycles. The molecule has 3 atom stereocenters. The third kappa shape index (κ3) is 7.89. The van der Waals surface area contributed by atoms with Crippen molar-refractivity contribution < 1.29 is 14.2 Å². The van der Waals surface area contributed by atoms with Gasteiger partial charge in [-0.3, -0.25) is 5.32 Å². The summed E-state index contributed by atoms with van der Waals surface area (Å²) >= 11 is 0. The van der Waals surface area contributed by atoms with Gasteiger partial charge in [0.1, 0.15) is 17.7 Å². The number of allylic oxidation sites excluding steroid dienone is 2. The summed E-state index contributed by atoms with van der Waals surface area (Å²) in [5, 5.41) is 6.91. The Bertz CT molecular complexity index is 686. The molecule has 0 saturated carbocycles. The normalized spacial score (nSPS) is 21.8. The summed E-state index contributed by atoms with van der Waals surface area (Å²) < 4.78 is 17.6. The second kappa shape index (κ2) is 13.4. The summed E-state index contributed by atoms with van der Waals surface area (Å²) in [7, 11) is 1.73. The Morgan fingerprint density at radius 1 is 1.03 bits per heavy atom. The maximum atomic E-state index is 6.12. The molecule has 1 aromatic rings. The van der Waals surface area contributed by atoms with E-state index in [1.165, 1.54) is 37.7 Å². The van der Waals surface area contributed by atoms with Crippen molar-refractivity contribution >= 4 is 0 Å². The van der Waals surface area contributed by atoms with E-state index in [0.717, 1.165) is 50.3 Å².